The number of nitrogen functional groups attached to an aromatic ring is 1. The fraction of sp³-hybridized carbons (Fsp3) is 0.500. The van der Waals surface area contributed by atoms with Gasteiger partial charge in [-0.25, -0.2) is 0 Å². The van der Waals surface area contributed by atoms with Gasteiger partial charge in [-0.2, -0.15) is 0 Å². The second-order valence-corrected chi connectivity index (χ2v) is 4.33. The summed E-state index contributed by atoms with van der Waals surface area (Å²) < 4.78 is 0. The average molecular weight is 190 g/mol. The molecule has 1 fully saturated rings. The minimum atomic E-state index is 0.847. The Balaban J connectivity index is 2.01. The molecule has 2 rings (SSSR count). The molecule has 1 atom stereocenters. The first-order valence-electron chi connectivity index (χ1n) is 5.31. The van der Waals surface area contributed by atoms with Crippen LogP contribution in [0.1, 0.15) is 18.9 Å². The normalized spacial score (nSPS) is 22.8. The Bertz CT molecular complexity index is 309. The van der Waals surface area contributed by atoms with E-state index in [1.165, 1.54) is 25.1 Å². The molecule has 1 unspecified atom stereocenters. The van der Waals surface area contributed by atoms with Crippen LogP contribution < -0.4 is 5.73 Å². The Morgan fingerprint density at radius 3 is 2.86 bits per heavy atom. The molecule has 2 N–H and O–H groups in total. The van der Waals surface area contributed by atoms with E-state index in [1.54, 1.807) is 0 Å². The van der Waals surface area contributed by atoms with E-state index in [-0.39, 0.29) is 0 Å². The fourth-order valence-corrected chi connectivity index (χ4v) is 2.09. The zero-order valence-electron chi connectivity index (χ0n) is 8.74. The minimum absolute atomic E-state index is 0.847. The molecule has 14 heavy (non-hydrogen) atoms. The topological polar surface area (TPSA) is 29.3 Å². The average Bonchev–Trinajstić information content (AvgIpc) is 2.56. The second-order valence-electron chi connectivity index (χ2n) is 4.33. The van der Waals surface area contributed by atoms with E-state index in [9.17, 15) is 0 Å². The molecule has 2 heteroatoms. The smallest absolute Gasteiger partial charge is 0.0359 e. The summed E-state index contributed by atoms with van der Waals surface area (Å²) in [6, 6.07) is 8.16. The molecule has 76 valence electrons. The largest absolute Gasteiger partial charge is 0.398 e. The maximum Gasteiger partial charge on any atom is 0.0359 e. The number of likely N-dealkylation sites (tertiary alicyclic amines) is 1. The lowest BCUT2D eigenvalue weighted by Gasteiger charge is -2.16. The lowest BCUT2D eigenvalue weighted by atomic mass is 10.1. The second kappa shape index (κ2) is 4.01. The van der Waals surface area contributed by atoms with E-state index in [0.717, 1.165) is 18.2 Å². The highest BCUT2D eigenvalue weighted by atomic mass is 15.1. The van der Waals surface area contributed by atoms with Gasteiger partial charge in [-0.15, -0.1) is 0 Å². The van der Waals surface area contributed by atoms with Gasteiger partial charge in [0.2, 0.25) is 0 Å². The number of rotatable bonds is 2. The van der Waals surface area contributed by atoms with Crippen LogP contribution in [0, 0.1) is 5.92 Å². The van der Waals surface area contributed by atoms with Crippen LogP contribution in [0.2, 0.25) is 0 Å². The molecule has 2 nitrogen and oxygen atoms in total. The molecule has 0 radical (unpaired) electrons. The van der Waals surface area contributed by atoms with Crippen LogP contribution in [0.25, 0.3) is 0 Å². The number of hydrogen-bond acceptors (Lipinski definition) is 2. The zero-order chi connectivity index (χ0) is 9.97. The summed E-state index contributed by atoms with van der Waals surface area (Å²) in [6.07, 6.45) is 1.33. The van der Waals surface area contributed by atoms with Gasteiger partial charge in [0, 0.05) is 18.8 Å². The minimum Gasteiger partial charge on any atom is -0.398 e. The van der Waals surface area contributed by atoms with Crippen LogP contribution in [0.5, 0.6) is 0 Å². The van der Waals surface area contributed by atoms with Crippen LogP contribution in [-0.2, 0) is 6.54 Å². The Morgan fingerprint density at radius 1 is 1.43 bits per heavy atom. The molecule has 1 heterocycles. The van der Waals surface area contributed by atoms with Crippen molar-refractivity contribution < 1.29 is 0 Å². The summed E-state index contributed by atoms with van der Waals surface area (Å²) in [5.41, 5.74) is 8.10. The number of nitrogens with zero attached hydrogens (tertiary/aromatic N) is 1. The summed E-state index contributed by atoms with van der Waals surface area (Å²) in [7, 11) is 0. The highest BCUT2D eigenvalue weighted by Gasteiger charge is 2.18. The van der Waals surface area contributed by atoms with E-state index in [4.69, 9.17) is 5.73 Å². The number of para-hydroxylation sites is 1. The van der Waals surface area contributed by atoms with Crippen molar-refractivity contribution in [2.75, 3.05) is 18.8 Å². The van der Waals surface area contributed by atoms with Crippen LogP contribution >= 0.6 is 0 Å². The lowest BCUT2D eigenvalue weighted by Crippen LogP contribution is -2.20. The van der Waals surface area contributed by atoms with Gasteiger partial charge in [0.25, 0.3) is 0 Å². The number of hydrogen-bond donors (Lipinski definition) is 1. The van der Waals surface area contributed by atoms with Gasteiger partial charge < -0.3 is 5.73 Å². The summed E-state index contributed by atoms with van der Waals surface area (Å²) in [6.45, 7) is 5.76. The maximum atomic E-state index is 5.91. The van der Waals surface area contributed by atoms with E-state index < -0.39 is 0 Å². The third kappa shape index (κ3) is 2.07. The molecule has 0 aliphatic carbocycles. The first-order valence-corrected chi connectivity index (χ1v) is 5.31. The van der Waals surface area contributed by atoms with Crippen molar-refractivity contribution in [2.45, 2.75) is 19.9 Å². The lowest BCUT2D eigenvalue weighted by molar-refractivity contribution is 0.321. The zero-order valence-corrected chi connectivity index (χ0v) is 8.74. The summed E-state index contributed by atoms with van der Waals surface area (Å²) in [4.78, 5) is 2.48. The van der Waals surface area contributed by atoms with Gasteiger partial charge >= 0.3 is 0 Å². The number of benzene rings is 1. The van der Waals surface area contributed by atoms with Crippen molar-refractivity contribution >= 4 is 5.69 Å². The molecule has 0 spiro atoms. The molecule has 1 aromatic carbocycles. The van der Waals surface area contributed by atoms with Crippen molar-refractivity contribution in [1.29, 1.82) is 0 Å². The van der Waals surface area contributed by atoms with E-state index in [0.29, 0.717) is 0 Å². The molecule has 0 bridgehead atoms. The van der Waals surface area contributed by atoms with Gasteiger partial charge in [0.15, 0.2) is 0 Å². The Labute approximate surface area is 85.7 Å². The third-order valence-corrected chi connectivity index (χ3v) is 2.96. The van der Waals surface area contributed by atoms with Crippen molar-refractivity contribution in [3.8, 4) is 0 Å². The van der Waals surface area contributed by atoms with E-state index in [2.05, 4.69) is 24.0 Å². The van der Waals surface area contributed by atoms with E-state index in [1.807, 2.05) is 12.1 Å². The van der Waals surface area contributed by atoms with Gasteiger partial charge in [-0.1, -0.05) is 25.1 Å². The molecule has 0 amide bonds. The highest BCUT2D eigenvalue weighted by molar-refractivity contribution is 5.46. The monoisotopic (exact) mass is 190 g/mol. The van der Waals surface area contributed by atoms with Crippen LogP contribution in [-0.4, -0.2) is 18.0 Å². The molecule has 0 aromatic heterocycles. The van der Waals surface area contributed by atoms with Crippen LogP contribution in [0.4, 0.5) is 5.69 Å². The molecular formula is C12H18N2. The van der Waals surface area contributed by atoms with Crippen LogP contribution in [0.15, 0.2) is 24.3 Å². The third-order valence-electron chi connectivity index (χ3n) is 2.96. The molecule has 1 aromatic rings. The first-order chi connectivity index (χ1) is 6.75. The van der Waals surface area contributed by atoms with Crippen molar-refractivity contribution in [2.24, 2.45) is 5.92 Å². The van der Waals surface area contributed by atoms with Gasteiger partial charge in [0.1, 0.15) is 0 Å². The molecular weight excluding hydrogens is 172 g/mol. The first kappa shape index (κ1) is 9.53. The van der Waals surface area contributed by atoms with E-state index >= 15 is 0 Å². The van der Waals surface area contributed by atoms with Gasteiger partial charge in [0.05, 0.1) is 0 Å². The van der Waals surface area contributed by atoms with Crippen molar-refractivity contribution in [1.82, 2.24) is 4.90 Å². The number of anilines is 1. The number of nitrogens with two attached hydrogens (primary N) is 1. The standard InChI is InChI=1S/C12H18N2/c1-10-6-7-14(8-10)9-11-4-2-3-5-12(11)13/h2-5,10H,6-9,13H2,1H3. The predicted octanol–water partition coefficient (Wildman–Crippen LogP) is 2.11. The van der Waals surface area contributed by atoms with Crippen LogP contribution in [0.3, 0.4) is 0 Å². The Kier molecular flexibility index (Phi) is 2.73. The molecule has 1 saturated heterocycles. The molecule has 0 saturated carbocycles. The SMILES string of the molecule is CC1CCN(Cc2ccccc2N)C1. The maximum absolute atomic E-state index is 5.91. The molecule has 1 aliphatic heterocycles. The Hall–Kier alpha value is -1.02. The van der Waals surface area contributed by atoms with Crippen molar-refractivity contribution in [3.05, 3.63) is 29.8 Å². The predicted molar refractivity (Wildman–Crippen MR) is 59.9 cm³/mol. The van der Waals surface area contributed by atoms with Crippen molar-refractivity contribution in [3.63, 3.8) is 0 Å². The summed E-state index contributed by atoms with van der Waals surface area (Å²) >= 11 is 0. The molecule has 1 aliphatic rings. The quantitative estimate of drug-likeness (QED) is 0.724. The highest BCUT2D eigenvalue weighted by Crippen LogP contribution is 2.20. The summed E-state index contributed by atoms with van der Waals surface area (Å²) in [5.74, 6) is 0.847. The Morgan fingerprint density at radius 2 is 2.21 bits per heavy atom. The summed E-state index contributed by atoms with van der Waals surface area (Å²) in [5, 5.41) is 0. The van der Waals surface area contributed by atoms with Gasteiger partial charge in [-0.05, 0) is 30.5 Å². The van der Waals surface area contributed by atoms with Gasteiger partial charge in [-0.3, -0.25) is 4.90 Å². The fourth-order valence-electron chi connectivity index (χ4n) is 2.09.